The van der Waals surface area contributed by atoms with Gasteiger partial charge < -0.3 is 19.8 Å². The van der Waals surface area contributed by atoms with E-state index in [2.05, 4.69) is 0 Å². The number of Topliss-reactive ketones (excluding diaryl/α,β-unsaturated/α-hetero) is 1. The van der Waals surface area contributed by atoms with Crippen LogP contribution in [0.2, 0.25) is 0 Å². The van der Waals surface area contributed by atoms with E-state index in [9.17, 15) is 19.5 Å². The Morgan fingerprint density at radius 2 is 1.65 bits per heavy atom. The minimum atomic E-state index is -0.857. The summed E-state index contributed by atoms with van der Waals surface area (Å²) in [5, 5.41) is 19.7. The number of carbonyl (C=O) groups is 3. The lowest BCUT2D eigenvalue weighted by Crippen LogP contribution is -2.30. The quantitative estimate of drug-likeness (QED) is 0.275. The van der Waals surface area contributed by atoms with Crippen LogP contribution in [0.3, 0.4) is 0 Å². The van der Waals surface area contributed by atoms with Crippen LogP contribution in [-0.2, 0) is 14.4 Å². The van der Waals surface area contributed by atoms with Gasteiger partial charge in [-0.15, -0.1) is 0 Å². The molecule has 1 amide bonds. The predicted octanol–water partition coefficient (Wildman–Crippen LogP) is 3.76. The molecule has 2 N–H and O–H groups in total. The Kier molecular flexibility index (Phi) is 7.07. The van der Waals surface area contributed by atoms with Crippen LogP contribution in [0.5, 0.6) is 5.75 Å². The maximum atomic E-state index is 12.9. The Bertz CT molecular complexity index is 981. The van der Waals surface area contributed by atoms with Gasteiger partial charge in [0.05, 0.1) is 18.7 Å². The topological polar surface area (TPSA) is 104 Å². The van der Waals surface area contributed by atoms with E-state index in [0.29, 0.717) is 37.1 Å². The monoisotopic (exact) mass is 423 g/mol. The average Bonchev–Trinajstić information content (AvgIpc) is 3.03. The maximum Gasteiger partial charge on any atom is 0.303 e. The molecule has 1 heterocycles. The third kappa shape index (κ3) is 4.94. The Hall–Kier alpha value is -3.61. The summed E-state index contributed by atoms with van der Waals surface area (Å²) in [5.74, 6) is -1.87. The highest BCUT2D eigenvalue weighted by Gasteiger charge is 2.45. The summed E-state index contributed by atoms with van der Waals surface area (Å²) in [5.41, 5.74) is 1.19. The third-order valence-electron chi connectivity index (χ3n) is 5.31. The van der Waals surface area contributed by atoms with Crippen LogP contribution in [-0.4, -0.2) is 46.4 Å². The zero-order valence-corrected chi connectivity index (χ0v) is 17.3. The van der Waals surface area contributed by atoms with E-state index in [1.165, 1.54) is 12.0 Å². The number of carboxylic acids is 1. The van der Waals surface area contributed by atoms with E-state index in [4.69, 9.17) is 9.84 Å². The van der Waals surface area contributed by atoms with Crippen LogP contribution in [0.4, 0.5) is 0 Å². The molecule has 1 saturated heterocycles. The number of aliphatic hydroxyl groups excluding tert-OH is 1. The standard InChI is InChI=1S/C24H25NO6/c1-31-18-13-11-17(12-14-18)22(28)20-21(16-8-4-2-5-9-16)25(24(30)23(20)29)15-7-3-6-10-19(26)27/h2,4-5,8-9,11-14,21,28H,3,6-7,10,15H2,1H3,(H,26,27)/b22-20+. The summed E-state index contributed by atoms with van der Waals surface area (Å²) >= 11 is 0. The third-order valence-corrected chi connectivity index (χ3v) is 5.31. The molecule has 1 aliphatic rings. The number of likely N-dealkylation sites (tertiary alicyclic amines) is 1. The lowest BCUT2D eigenvalue weighted by molar-refractivity contribution is -0.140. The number of aliphatic hydroxyl groups is 1. The molecule has 2 aromatic rings. The number of nitrogens with zero attached hydrogens (tertiary/aromatic N) is 1. The number of amides is 1. The summed E-state index contributed by atoms with van der Waals surface area (Å²) in [4.78, 5) is 37.9. The number of benzene rings is 2. The fourth-order valence-corrected chi connectivity index (χ4v) is 3.73. The minimum Gasteiger partial charge on any atom is -0.507 e. The molecule has 0 bridgehead atoms. The van der Waals surface area contributed by atoms with Crippen LogP contribution in [0.15, 0.2) is 60.2 Å². The van der Waals surface area contributed by atoms with Crippen molar-refractivity contribution < 1.29 is 29.3 Å². The number of hydrogen-bond acceptors (Lipinski definition) is 5. The summed E-state index contributed by atoms with van der Waals surface area (Å²) in [6.07, 6.45) is 1.75. The molecule has 0 aliphatic carbocycles. The van der Waals surface area contributed by atoms with Gasteiger partial charge in [-0.05, 0) is 42.7 Å². The van der Waals surface area contributed by atoms with Crippen LogP contribution in [0.1, 0.15) is 42.9 Å². The van der Waals surface area contributed by atoms with Gasteiger partial charge in [-0.3, -0.25) is 14.4 Å². The Labute approximate surface area is 180 Å². The Balaban J connectivity index is 1.94. The lowest BCUT2D eigenvalue weighted by atomic mass is 9.95. The Morgan fingerprint density at radius 1 is 0.968 bits per heavy atom. The number of rotatable bonds is 9. The van der Waals surface area contributed by atoms with Gasteiger partial charge >= 0.3 is 5.97 Å². The second-order valence-corrected chi connectivity index (χ2v) is 7.34. The van der Waals surface area contributed by atoms with E-state index in [-0.39, 0.29) is 17.8 Å². The normalized spacial score (nSPS) is 17.7. The SMILES string of the molecule is COc1ccc(/C(O)=C2\C(=O)C(=O)N(CCCCCC(=O)O)C2c2ccccc2)cc1. The summed E-state index contributed by atoms with van der Waals surface area (Å²) < 4.78 is 5.14. The van der Waals surface area contributed by atoms with Crippen molar-refractivity contribution in [1.29, 1.82) is 0 Å². The number of hydrogen-bond donors (Lipinski definition) is 2. The van der Waals surface area contributed by atoms with Gasteiger partial charge in [0.25, 0.3) is 11.7 Å². The first-order valence-corrected chi connectivity index (χ1v) is 10.1. The van der Waals surface area contributed by atoms with Crippen LogP contribution >= 0.6 is 0 Å². The predicted molar refractivity (Wildman–Crippen MR) is 115 cm³/mol. The molecule has 162 valence electrons. The molecule has 1 unspecified atom stereocenters. The zero-order valence-electron chi connectivity index (χ0n) is 17.3. The molecule has 7 heteroatoms. The van der Waals surface area contributed by atoms with Crippen molar-refractivity contribution in [1.82, 2.24) is 4.90 Å². The first-order valence-electron chi connectivity index (χ1n) is 10.1. The fraction of sp³-hybridized carbons (Fsp3) is 0.292. The summed E-state index contributed by atoms with van der Waals surface area (Å²) in [7, 11) is 1.53. The molecule has 3 rings (SSSR count). The van der Waals surface area contributed by atoms with E-state index < -0.39 is 23.7 Å². The van der Waals surface area contributed by atoms with E-state index in [1.807, 2.05) is 30.3 Å². The van der Waals surface area contributed by atoms with Crippen molar-refractivity contribution in [3.63, 3.8) is 0 Å². The highest BCUT2D eigenvalue weighted by molar-refractivity contribution is 6.46. The number of unbranched alkanes of at least 4 members (excludes halogenated alkanes) is 2. The van der Waals surface area contributed by atoms with Crippen LogP contribution in [0.25, 0.3) is 5.76 Å². The molecular weight excluding hydrogens is 398 g/mol. The molecule has 1 fully saturated rings. The van der Waals surface area contributed by atoms with Gasteiger partial charge in [-0.25, -0.2) is 0 Å². The number of methoxy groups -OCH3 is 1. The van der Waals surface area contributed by atoms with E-state index in [0.717, 1.165) is 5.56 Å². The van der Waals surface area contributed by atoms with Gasteiger partial charge in [0, 0.05) is 18.5 Å². The molecule has 0 radical (unpaired) electrons. The van der Waals surface area contributed by atoms with E-state index >= 15 is 0 Å². The van der Waals surface area contributed by atoms with Gasteiger partial charge in [-0.2, -0.15) is 0 Å². The highest BCUT2D eigenvalue weighted by Crippen LogP contribution is 2.39. The van der Waals surface area contributed by atoms with Gasteiger partial charge in [0.2, 0.25) is 0 Å². The second-order valence-electron chi connectivity index (χ2n) is 7.34. The second kappa shape index (κ2) is 9.93. The van der Waals surface area contributed by atoms with Crippen molar-refractivity contribution in [3.05, 3.63) is 71.3 Å². The molecule has 0 aromatic heterocycles. The van der Waals surface area contributed by atoms with Crippen LogP contribution in [0, 0.1) is 0 Å². The molecule has 0 saturated carbocycles. The highest BCUT2D eigenvalue weighted by atomic mass is 16.5. The van der Waals surface area contributed by atoms with Gasteiger partial charge in [0.1, 0.15) is 11.5 Å². The lowest BCUT2D eigenvalue weighted by Gasteiger charge is -2.25. The fourth-order valence-electron chi connectivity index (χ4n) is 3.73. The number of carboxylic acid groups (broad SMARTS) is 1. The average molecular weight is 423 g/mol. The minimum absolute atomic E-state index is 0.0481. The van der Waals surface area contributed by atoms with Crippen molar-refractivity contribution in [2.45, 2.75) is 31.7 Å². The molecule has 7 nitrogen and oxygen atoms in total. The van der Waals surface area contributed by atoms with Crippen molar-refractivity contribution >= 4 is 23.4 Å². The molecule has 31 heavy (non-hydrogen) atoms. The van der Waals surface area contributed by atoms with Crippen molar-refractivity contribution in [2.75, 3.05) is 13.7 Å². The zero-order chi connectivity index (χ0) is 22.4. The number of ketones is 1. The number of carbonyl (C=O) groups excluding carboxylic acids is 2. The van der Waals surface area contributed by atoms with Crippen LogP contribution < -0.4 is 4.74 Å². The maximum absolute atomic E-state index is 12.9. The number of aliphatic carboxylic acids is 1. The number of ether oxygens (including phenoxy) is 1. The van der Waals surface area contributed by atoms with Crippen molar-refractivity contribution in [2.24, 2.45) is 0 Å². The smallest absolute Gasteiger partial charge is 0.303 e. The molecule has 2 aromatic carbocycles. The van der Waals surface area contributed by atoms with Gasteiger partial charge in [-0.1, -0.05) is 36.8 Å². The molecular formula is C24H25NO6. The summed E-state index contributed by atoms with van der Waals surface area (Å²) in [6, 6.07) is 15.0. The molecule has 0 spiro atoms. The van der Waals surface area contributed by atoms with Crippen molar-refractivity contribution in [3.8, 4) is 5.75 Å². The largest absolute Gasteiger partial charge is 0.507 e. The van der Waals surface area contributed by atoms with Gasteiger partial charge in [0.15, 0.2) is 0 Å². The first-order chi connectivity index (χ1) is 14.9. The molecule has 1 aliphatic heterocycles. The summed E-state index contributed by atoms with van der Waals surface area (Å²) in [6.45, 7) is 0.295. The van der Waals surface area contributed by atoms with E-state index in [1.54, 1.807) is 24.3 Å². The Morgan fingerprint density at radius 3 is 2.26 bits per heavy atom. The molecule has 1 atom stereocenters. The first kappa shape index (κ1) is 22.1.